The number of para-hydroxylation sites is 1. The van der Waals surface area contributed by atoms with E-state index in [0.29, 0.717) is 23.7 Å². The third kappa shape index (κ3) is 2.99. The van der Waals surface area contributed by atoms with Gasteiger partial charge in [-0.15, -0.1) is 0 Å². The van der Waals surface area contributed by atoms with Crippen molar-refractivity contribution in [2.75, 3.05) is 19.0 Å². The van der Waals surface area contributed by atoms with E-state index < -0.39 is 0 Å². The Morgan fingerprint density at radius 2 is 2.00 bits per heavy atom. The van der Waals surface area contributed by atoms with Gasteiger partial charge in [-0.25, -0.2) is 0 Å². The Labute approximate surface area is 143 Å². The summed E-state index contributed by atoms with van der Waals surface area (Å²) in [6.45, 7) is 2.44. The fourth-order valence-corrected chi connectivity index (χ4v) is 3.21. The second-order valence-corrected chi connectivity index (χ2v) is 5.92. The molecule has 0 unspecified atom stereocenters. The molecular formula is C17H17BrN2O3. The van der Waals surface area contributed by atoms with Crippen LogP contribution in [0.4, 0.5) is 5.69 Å². The van der Waals surface area contributed by atoms with Crippen molar-refractivity contribution in [3.63, 3.8) is 0 Å². The zero-order valence-electron chi connectivity index (χ0n) is 12.9. The molecule has 0 bridgehead atoms. The van der Waals surface area contributed by atoms with Crippen molar-refractivity contribution in [2.24, 2.45) is 0 Å². The fourth-order valence-electron chi connectivity index (χ4n) is 2.59. The van der Waals surface area contributed by atoms with Crippen LogP contribution >= 0.6 is 15.9 Å². The van der Waals surface area contributed by atoms with Crippen molar-refractivity contribution < 1.29 is 14.3 Å². The Balaban J connectivity index is 1.98. The molecule has 2 aromatic rings. The van der Waals surface area contributed by atoms with E-state index in [1.54, 1.807) is 13.2 Å². The minimum Gasteiger partial charge on any atom is -0.492 e. The number of ether oxygens (including phenoxy) is 2. The van der Waals surface area contributed by atoms with E-state index in [1.807, 2.05) is 37.3 Å². The van der Waals surface area contributed by atoms with Gasteiger partial charge < -0.3 is 20.1 Å². The van der Waals surface area contributed by atoms with Crippen LogP contribution in [-0.4, -0.2) is 19.6 Å². The highest BCUT2D eigenvalue weighted by molar-refractivity contribution is 9.10. The summed E-state index contributed by atoms with van der Waals surface area (Å²) in [6, 6.07) is 11.2. The van der Waals surface area contributed by atoms with Gasteiger partial charge in [0, 0.05) is 5.69 Å². The van der Waals surface area contributed by atoms with Gasteiger partial charge in [0.1, 0.15) is 6.17 Å². The molecule has 120 valence electrons. The molecule has 6 heteroatoms. The largest absolute Gasteiger partial charge is 0.492 e. The Kier molecular flexibility index (Phi) is 4.43. The van der Waals surface area contributed by atoms with Gasteiger partial charge >= 0.3 is 0 Å². The second-order valence-electron chi connectivity index (χ2n) is 5.06. The number of amides is 1. The number of fused-ring (bicyclic) bond motifs is 1. The van der Waals surface area contributed by atoms with Crippen LogP contribution in [0.5, 0.6) is 11.5 Å². The number of anilines is 1. The number of halogens is 1. The Hall–Kier alpha value is -2.21. The summed E-state index contributed by atoms with van der Waals surface area (Å²) in [6.07, 6.45) is -0.334. The van der Waals surface area contributed by atoms with Crippen molar-refractivity contribution in [1.82, 2.24) is 5.32 Å². The second kappa shape index (κ2) is 6.50. The Bertz CT molecular complexity index is 749. The molecule has 0 fully saturated rings. The average Bonchev–Trinajstić information content (AvgIpc) is 2.55. The van der Waals surface area contributed by atoms with Crippen molar-refractivity contribution in [3.8, 4) is 11.5 Å². The summed E-state index contributed by atoms with van der Waals surface area (Å²) in [5.41, 5.74) is 2.33. The number of hydrogen-bond acceptors (Lipinski definition) is 4. The smallest absolute Gasteiger partial charge is 0.255 e. The standard InChI is InChI=1S/C17H17BrN2O3/c1-3-23-14-9-10(8-12(18)15(14)22-2)16-19-13-7-5-4-6-11(13)17(21)20-16/h4-9,16,19H,3H2,1-2H3,(H,20,21)/t16-/m0/s1. The van der Waals surface area contributed by atoms with Crippen LogP contribution < -0.4 is 20.1 Å². The molecule has 5 nitrogen and oxygen atoms in total. The number of methoxy groups -OCH3 is 1. The maximum Gasteiger partial charge on any atom is 0.255 e. The monoisotopic (exact) mass is 376 g/mol. The number of nitrogens with one attached hydrogen (secondary N) is 2. The molecule has 0 spiro atoms. The maximum atomic E-state index is 12.3. The lowest BCUT2D eigenvalue weighted by atomic mass is 10.1. The van der Waals surface area contributed by atoms with Crippen LogP contribution in [0.2, 0.25) is 0 Å². The van der Waals surface area contributed by atoms with Gasteiger partial charge in [-0.2, -0.15) is 0 Å². The zero-order chi connectivity index (χ0) is 16.4. The zero-order valence-corrected chi connectivity index (χ0v) is 14.4. The van der Waals surface area contributed by atoms with E-state index in [9.17, 15) is 4.79 Å². The summed E-state index contributed by atoms with van der Waals surface area (Å²) < 4.78 is 11.8. The summed E-state index contributed by atoms with van der Waals surface area (Å²) in [5.74, 6) is 1.17. The van der Waals surface area contributed by atoms with Crippen LogP contribution in [0, 0.1) is 0 Å². The summed E-state index contributed by atoms with van der Waals surface area (Å²) >= 11 is 3.50. The van der Waals surface area contributed by atoms with Crippen LogP contribution in [0.1, 0.15) is 29.0 Å². The first-order valence-electron chi connectivity index (χ1n) is 7.30. The number of carbonyl (C=O) groups excluding carboxylic acids is 1. The van der Waals surface area contributed by atoms with E-state index in [1.165, 1.54) is 0 Å². The molecule has 0 radical (unpaired) electrons. The van der Waals surface area contributed by atoms with Crippen LogP contribution in [0.3, 0.4) is 0 Å². The molecule has 1 aliphatic rings. The molecule has 1 heterocycles. The normalized spacial score (nSPS) is 16.1. The number of carbonyl (C=O) groups is 1. The molecule has 3 rings (SSSR count). The van der Waals surface area contributed by atoms with E-state index in [-0.39, 0.29) is 12.1 Å². The molecule has 0 saturated heterocycles. The fraction of sp³-hybridized carbons (Fsp3) is 0.235. The van der Waals surface area contributed by atoms with Crippen molar-refractivity contribution in [1.29, 1.82) is 0 Å². The van der Waals surface area contributed by atoms with E-state index in [0.717, 1.165) is 15.7 Å². The first-order chi connectivity index (χ1) is 11.1. The van der Waals surface area contributed by atoms with Crippen molar-refractivity contribution >= 4 is 27.5 Å². The average molecular weight is 377 g/mol. The van der Waals surface area contributed by atoms with Gasteiger partial charge in [-0.1, -0.05) is 12.1 Å². The lowest BCUT2D eigenvalue weighted by Crippen LogP contribution is -2.38. The number of rotatable bonds is 4. The SMILES string of the molecule is CCOc1cc([C@@H]2NC(=O)c3ccccc3N2)cc(Br)c1OC. The first-order valence-corrected chi connectivity index (χ1v) is 8.10. The molecule has 23 heavy (non-hydrogen) atoms. The highest BCUT2D eigenvalue weighted by atomic mass is 79.9. The highest BCUT2D eigenvalue weighted by Gasteiger charge is 2.25. The minimum absolute atomic E-state index is 0.103. The molecule has 0 aromatic heterocycles. The number of hydrogen-bond donors (Lipinski definition) is 2. The van der Waals surface area contributed by atoms with Gasteiger partial charge in [0.2, 0.25) is 0 Å². The molecule has 1 aliphatic heterocycles. The molecule has 0 aliphatic carbocycles. The third-order valence-electron chi connectivity index (χ3n) is 3.62. The third-order valence-corrected chi connectivity index (χ3v) is 4.21. The molecule has 2 aromatic carbocycles. The van der Waals surface area contributed by atoms with Crippen LogP contribution in [-0.2, 0) is 0 Å². The molecule has 2 N–H and O–H groups in total. The van der Waals surface area contributed by atoms with Gasteiger partial charge in [0.15, 0.2) is 11.5 Å². The van der Waals surface area contributed by atoms with Gasteiger partial charge in [0.05, 0.1) is 23.8 Å². The van der Waals surface area contributed by atoms with Crippen LogP contribution in [0.25, 0.3) is 0 Å². The van der Waals surface area contributed by atoms with Crippen molar-refractivity contribution in [2.45, 2.75) is 13.1 Å². The maximum absolute atomic E-state index is 12.3. The minimum atomic E-state index is -0.334. The molecule has 0 saturated carbocycles. The van der Waals surface area contributed by atoms with Gasteiger partial charge in [-0.05, 0) is 52.7 Å². The lowest BCUT2D eigenvalue weighted by molar-refractivity contribution is 0.0935. The van der Waals surface area contributed by atoms with Gasteiger partial charge in [-0.3, -0.25) is 4.79 Å². The quantitative estimate of drug-likeness (QED) is 0.853. The van der Waals surface area contributed by atoms with E-state index in [4.69, 9.17) is 9.47 Å². The van der Waals surface area contributed by atoms with Crippen molar-refractivity contribution in [3.05, 3.63) is 52.0 Å². The number of benzene rings is 2. The Morgan fingerprint density at radius 3 is 2.74 bits per heavy atom. The molecule has 1 atom stereocenters. The highest BCUT2D eigenvalue weighted by Crippen LogP contribution is 2.39. The first kappa shape index (κ1) is 15.7. The summed E-state index contributed by atoms with van der Waals surface area (Å²) in [4.78, 5) is 12.3. The Morgan fingerprint density at radius 1 is 1.22 bits per heavy atom. The predicted octanol–water partition coefficient (Wildman–Crippen LogP) is 3.71. The van der Waals surface area contributed by atoms with E-state index in [2.05, 4.69) is 26.6 Å². The predicted molar refractivity (Wildman–Crippen MR) is 92.1 cm³/mol. The van der Waals surface area contributed by atoms with Gasteiger partial charge in [0.25, 0.3) is 5.91 Å². The molecular weight excluding hydrogens is 360 g/mol. The summed E-state index contributed by atoms with van der Waals surface area (Å²) in [7, 11) is 1.60. The van der Waals surface area contributed by atoms with E-state index >= 15 is 0 Å². The lowest BCUT2D eigenvalue weighted by Gasteiger charge is -2.28. The molecule has 1 amide bonds. The summed E-state index contributed by atoms with van der Waals surface area (Å²) in [5, 5.41) is 6.28. The topological polar surface area (TPSA) is 59.6 Å². The van der Waals surface area contributed by atoms with Crippen LogP contribution in [0.15, 0.2) is 40.9 Å².